The van der Waals surface area contributed by atoms with Crippen LogP contribution in [0.4, 0.5) is 13.6 Å². The normalized spacial score (nSPS) is 18.4. The third kappa shape index (κ3) is 7.88. The third-order valence-electron chi connectivity index (χ3n) is 7.29. The molecule has 10 heteroatoms. The van der Waals surface area contributed by atoms with Crippen molar-refractivity contribution in [2.45, 2.75) is 86.2 Å². The van der Waals surface area contributed by atoms with Gasteiger partial charge in [-0.25, -0.2) is 18.6 Å². The first-order chi connectivity index (χ1) is 19.9. The summed E-state index contributed by atoms with van der Waals surface area (Å²) in [5.74, 6) is -1.37. The Balaban J connectivity index is 2.15. The molecule has 1 fully saturated rings. The van der Waals surface area contributed by atoms with Crippen LogP contribution < -0.4 is 10.6 Å². The number of rotatable bonds is 11. The van der Waals surface area contributed by atoms with E-state index in [1.165, 1.54) is 11.0 Å². The largest absolute Gasteiger partial charge is 0.330 e. The average molecular weight is 597 g/mol. The van der Waals surface area contributed by atoms with Crippen LogP contribution in [0.15, 0.2) is 69.1 Å². The maximum atomic E-state index is 14.4. The average Bonchev–Trinajstić information content (AvgIpc) is 2.95. The topological polar surface area (TPSA) is 84.2 Å². The summed E-state index contributed by atoms with van der Waals surface area (Å²) in [6.07, 6.45) is 8.24. The molecule has 1 aromatic rings. The number of benzene rings is 1. The highest BCUT2D eigenvalue weighted by Gasteiger charge is 2.33. The van der Waals surface area contributed by atoms with Gasteiger partial charge in [0.05, 0.1) is 24.5 Å². The first-order valence-corrected chi connectivity index (χ1v) is 15.1. The van der Waals surface area contributed by atoms with Gasteiger partial charge < -0.3 is 5.41 Å². The first-order valence-electron chi connectivity index (χ1n) is 14.5. The fraction of sp³-hybridized carbons (Fsp3) is 0.438. The summed E-state index contributed by atoms with van der Waals surface area (Å²) >= 11 is 0. The zero-order valence-corrected chi connectivity index (χ0v) is 26.7. The Morgan fingerprint density at radius 1 is 1.17 bits per heavy atom. The highest BCUT2D eigenvalue weighted by molar-refractivity contribution is 7.27. The van der Waals surface area contributed by atoms with Gasteiger partial charge in [-0.3, -0.25) is 20.1 Å². The highest BCUT2D eigenvalue weighted by Crippen LogP contribution is 2.30. The van der Waals surface area contributed by atoms with Crippen LogP contribution >= 0.6 is 9.24 Å². The Hall–Kier alpha value is -3.45. The Labute approximate surface area is 251 Å². The number of guanidine groups is 1. The van der Waals surface area contributed by atoms with E-state index in [4.69, 9.17) is 15.4 Å². The van der Waals surface area contributed by atoms with Crippen LogP contribution in [0.25, 0.3) is 0 Å². The van der Waals surface area contributed by atoms with Crippen LogP contribution in [-0.4, -0.2) is 45.8 Å². The van der Waals surface area contributed by atoms with Gasteiger partial charge >= 0.3 is 6.03 Å². The van der Waals surface area contributed by atoms with E-state index in [9.17, 15) is 13.6 Å². The smallest absolute Gasteiger partial charge is 0.308 e. The molecule has 2 N–H and O–H groups in total. The van der Waals surface area contributed by atoms with Crippen molar-refractivity contribution in [2.24, 2.45) is 9.98 Å². The standard InChI is InChI=1S/C32H43F2N6OP/c1-8-11-12-23-15-28(36-20(6)9-2)25(19(4)5)16-27(23)37-31-38-32(41)40(18-24(35)10-3)21(7)39(31)17-22-13-26(33)30(34)29(42)14-22/h13-16,20,35H,7-12,17-18,42H2,1-6H3,(H,37,38,41). The molecule has 0 radical (unpaired) electrons. The molecular formula is C32H43F2N6OP. The summed E-state index contributed by atoms with van der Waals surface area (Å²) in [6, 6.07) is 2.38. The summed E-state index contributed by atoms with van der Waals surface area (Å²) in [5, 5.41) is 11.1. The van der Waals surface area contributed by atoms with Gasteiger partial charge in [-0.15, -0.1) is 9.24 Å². The van der Waals surface area contributed by atoms with Crippen molar-refractivity contribution in [1.29, 1.82) is 5.41 Å². The minimum Gasteiger partial charge on any atom is -0.308 e. The van der Waals surface area contributed by atoms with Crippen LogP contribution in [0, 0.1) is 17.0 Å². The SMILES string of the molecule is C=C1N(CC(=N)CC)C(=O)NC(=NC2=CC(=C(C)C)C(=NC(C)CC)C=C2CCCC)N1Cc1cc(F)c(F)c(P)c1. The van der Waals surface area contributed by atoms with Crippen molar-refractivity contribution in [1.82, 2.24) is 15.1 Å². The van der Waals surface area contributed by atoms with E-state index in [0.717, 1.165) is 54.2 Å². The Morgan fingerprint density at radius 2 is 1.88 bits per heavy atom. The zero-order chi connectivity index (χ0) is 31.1. The maximum Gasteiger partial charge on any atom is 0.330 e. The van der Waals surface area contributed by atoms with Crippen molar-refractivity contribution in [3.63, 3.8) is 0 Å². The molecule has 0 spiro atoms. The van der Waals surface area contributed by atoms with Gasteiger partial charge in [0.2, 0.25) is 5.96 Å². The van der Waals surface area contributed by atoms with Gasteiger partial charge in [-0.05, 0) is 81.9 Å². The molecule has 1 heterocycles. The molecule has 3 rings (SSSR count). The molecule has 1 aromatic carbocycles. The summed E-state index contributed by atoms with van der Waals surface area (Å²) in [4.78, 5) is 26.2. The van der Waals surface area contributed by atoms with Crippen LogP contribution in [0.5, 0.6) is 0 Å². The fourth-order valence-electron chi connectivity index (χ4n) is 4.52. The number of nitrogens with zero attached hydrogens (tertiary/aromatic N) is 4. The van der Waals surface area contributed by atoms with Crippen LogP contribution in [-0.2, 0) is 6.54 Å². The predicted molar refractivity (Wildman–Crippen MR) is 172 cm³/mol. The molecule has 42 heavy (non-hydrogen) atoms. The maximum absolute atomic E-state index is 14.4. The fourth-order valence-corrected chi connectivity index (χ4v) is 4.87. The molecule has 2 atom stereocenters. The van der Waals surface area contributed by atoms with Crippen LogP contribution in [0.3, 0.4) is 0 Å². The van der Waals surface area contributed by atoms with Gasteiger partial charge in [-0.2, -0.15) is 0 Å². The van der Waals surface area contributed by atoms with Crippen molar-refractivity contribution in [3.8, 4) is 0 Å². The molecular weight excluding hydrogens is 553 g/mol. The number of amides is 2. The number of carbonyl (C=O) groups is 1. The second kappa shape index (κ2) is 14.6. The van der Waals surface area contributed by atoms with E-state index in [2.05, 4.69) is 48.0 Å². The molecule has 0 aromatic heterocycles. The van der Waals surface area contributed by atoms with Crippen molar-refractivity contribution in [3.05, 3.63) is 76.3 Å². The van der Waals surface area contributed by atoms with Gasteiger partial charge in [0.1, 0.15) is 5.82 Å². The number of hydrogen-bond donors (Lipinski definition) is 2. The van der Waals surface area contributed by atoms with Gasteiger partial charge in [-0.1, -0.05) is 39.3 Å². The second-order valence-electron chi connectivity index (χ2n) is 10.9. The molecule has 1 aliphatic carbocycles. The summed E-state index contributed by atoms with van der Waals surface area (Å²) in [6.45, 7) is 16.5. The van der Waals surface area contributed by atoms with Crippen LogP contribution in [0.1, 0.15) is 79.2 Å². The van der Waals surface area contributed by atoms with Crippen molar-refractivity contribution >= 4 is 38.0 Å². The van der Waals surface area contributed by atoms with Gasteiger partial charge in [0.15, 0.2) is 11.6 Å². The highest BCUT2D eigenvalue weighted by atomic mass is 31.0. The number of urea groups is 1. The lowest BCUT2D eigenvalue weighted by Crippen LogP contribution is -2.58. The first kappa shape index (κ1) is 33.1. The molecule has 2 aliphatic rings. The summed E-state index contributed by atoms with van der Waals surface area (Å²) < 4.78 is 28.4. The lowest BCUT2D eigenvalue weighted by atomic mass is 9.91. The molecule has 0 bridgehead atoms. The van der Waals surface area contributed by atoms with E-state index < -0.39 is 17.7 Å². The van der Waals surface area contributed by atoms with Crippen molar-refractivity contribution < 1.29 is 13.6 Å². The van der Waals surface area contributed by atoms with Crippen LogP contribution in [0.2, 0.25) is 0 Å². The van der Waals surface area contributed by atoms with E-state index in [-0.39, 0.29) is 30.4 Å². The number of unbranched alkanes of at least 4 members (excludes halogenated alkanes) is 1. The molecule has 226 valence electrons. The molecule has 2 unspecified atom stereocenters. The minimum atomic E-state index is -0.964. The van der Waals surface area contributed by atoms with Crippen molar-refractivity contribution in [2.75, 3.05) is 6.54 Å². The number of carbonyl (C=O) groups excluding carboxylic acids is 1. The quantitative estimate of drug-likeness (QED) is 0.210. The molecule has 1 saturated heterocycles. The van der Waals surface area contributed by atoms with E-state index >= 15 is 0 Å². The van der Waals surface area contributed by atoms with Gasteiger partial charge in [0, 0.05) is 22.6 Å². The van der Waals surface area contributed by atoms with E-state index in [0.29, 0.717) is 29.2 Å². The monoisotopic (exact) mass is 596 g/mol. The molecule has 0 saturated carbocycles. The molecule has 1 aliphatic heterocycles. The Morgan fingerprint density at radius 3 is 2.48 bits per heavy atom. The number of aliphatic imine (C=N–C) groups is 2. The number of allylic oxidation sites excluding steroid dienone is 5. The lowest BCUT2D eigenvalue weighted by Gasteiger charge is -2.39. The summed E-state index contributed by atoms with van der Waals surface area (Å²) in [5.41, 5.74) is 5.53. The molecule has 2 amide bonds. The summed E-state index contributed by atoms with van der Waals surface area (Å²) in [7, 11) is 2.21. The van der Waals surface area contributed by atoms with Gasteiger partial charge in [0.25, 0.3) is 0 Å². The molecule has 7 nitrogen and oxygen atoms in total. The predicted octanol–water partition coefficient (Wildman–Crippen LogP) is 7.14. The van der Waals surface area contributed by atoms with E-state index in [1.54, 1.807) is 4.90 Å². The van der Waals surface area contributed by atoms with E-state index in [1.807, 2.05) is 26.8 Å². The third-order valence-corrected chi connectivity index (χ3v) is 7.71. The second-order valence-corrected chi connectivity index (χ2v) is 11.5. The zero-order valence-electron chi connectivity index (χ0n) is 25.6. The minimum absolute atomic E-state index is 0.0549. The number of hydrogen-bond acceptors (Lipinski definition) is 4. The number of halogens is 2. The Bertz CT molecular complexity index is 1380. The number of nitrogens with one attached hydrogen (secondary N) is 2. The lowest BCUT2D eigenvalue weighted by molar-refractivity contribution is 0.198. The Kier molecular flexibility index (Phi) is 11.5.